The van der Waals surface area contributed by atoms with Gasteiger partial charge in [-0.3, -0.25) is 0 Å². The zero-order valence-electron chi connectivity index (χ0n) is 14.6. The number of hydrogen-bond donors (Lipinski definition) is 0. The van der Waals surface area contributed by atoms with E-state index in [-0.39, 0.29) is 23.9 Å². The van der Waals surface area contributed by atoms with Gasteiger partial charge >= 0.3 is 0 Å². The van der Waals surface area contributed by atoms with Crippen molar-refractivity contribution in [3.8, 4) is 5.88 Å². The molecule has 0 saturated carbocycles. The van der Waals surface area contributed by atoms with Gasteiger partial charge in [0, 0.05) is 32.0 Å². The maximum Gasteiger partial charge on any atom is 0.243 e. The Bertz CT molecular complexity index is 889. The Morgan fingerprint density at radius 2 is 1.85 bits per heavy atom. The standard InChI is InChI=1S/C19H21FN2O3S/c1-3-19(25-18-6-4-5-17(20)21-18)11-13-22(14-12-19)26(23,24)16-9-7-15(2)8-10-16/h3-10H,1,11-14H2,2H3. The van der Waals surface area contributed by atoms with Gasteiger partial charge in [0.15, 0.2) is 0 Å². The first-order valence-electron chi connectivity index (χ1n) is 8.37. The van der Waals surface area contributed by atoms with Crippen molar-refractivity contribution in [2.45, 2.75) is 30.3 Å². The van der Waals surface area contributed by atoms with E-state index in [4.69, 9.17) is 4.74 Å². The lowest BCUT2D eigenvalue weighted by atomic mass is 9.92. The van der Waals surface area contributed by atoms with Crippen molar-refractivity contribution in [1.82, 2.24) is 9.29 Å². The molecule has 1 fully saturated rings. The number of rotatable bonds is 5. The number of ether oxygens (including phenoxy) is 1. The average Bonchev–Trinajstić information content (AvgIpc) is 2.62. The minimum absolute atomic E-state index is 0.166. The van der Waals surface area contributed by atoms with Gasteiger partial charge in [0.1, 0.15) is 5.60 Å². The monoisotopic (exact) mass is 376 g/mol. The number of aryl methyl sites for hydroxylation is 1. The van der Waals surface area contributed by atoms with E-state index in [2.05, 4.69) is 11.6 Å². The molecule has 138 valence electrons. The van der Waals surface area contributed by atoms with E-state index < -0.39 is 21.6 Å². The molecule has 5 nitrogen and oxygen atoms in total. The van der Waals surface area contributed by atoms with Crippen LogP contribution in [-0.4, -0.2) is 36.4 Å². The predicted molar refractivity (Wildman–Crippen MR) is 96.9 cm³/mol. The van der Waals surface area contributed by atoms with Gasteiger partial charge in [0.25, 0.3) is 0 Å². The molecule has 2 aromatic rings. The number of benzene rings is 1. The average molecular weight is 376 g/mol. The van der Waals surface area contributed by atoms with E-state index in [0.717, 1.165) is 5.56 Å². The fraction of sp³-hybridized carbons (Fsp3) is 0.316. The number of nitrogens with zero attached hydrogens (tertiary/aromatic N) is 2. The summed E-state index contributed by atoms with van der Waals surface area (Å²) in [5, 5.41) is 0. The zero-order valence-corrected chi connectivity index (χ0v) is 15.4. The van der Waals surface area contributed by atoms with Crippen molar-refractivity contribution in [3.05, 3.63) is 66.6 Å². The van der Waals surface area contributed by atoms with Gasteiger partial charge in [-0.15, -0.1) is 0 Å². The molecule has 0 atom stereocenters. The first-order chi connectivity index (χ1) is 12.3. The predicted octanol–water partition coefficient (Wildman–Crippen LogP) is 3.32. The van der Waals surface area contributed by atoms with Crippen LogP contribution in [0.15, 0.2) is 60.0 Å². The lowest BCUT2D eigenvalue weighted by Gasteiger charge is -2.39. The van der Waals surface area contributed by atoms with E-state index in [1.165, 1.54) is 16.4 Å². The summed E-state index contributed by atoms with van der Waals surface area (Å²) in [5.41, 5.74) is 0.240. The fourth-order valence-corrected chi connectivity index (χ4v) is 4.41. The number of hydrogen-bond acceptors (Lipinski definition) is 4. The first-order valence-corrected chi connectivity index (χ1v) is 9.81. The summed E-state index contributed by atoms with van der Waals surface area (Å²) in [6.07, 6.45) is 2.48. The van der Waals surface area contributed by atoms with Crippen molar-refractivity contribution in [2.75, 3.05) is 13.1 Å². The lowest BCUT2D eigenvalue weighted by Crippen LogP contribution is -2.48. The maximum absolute atomic E-state index is 13.3. The molecule has 0 amide bonds. The van der Waals surface area contributed by atoms with Gasteiger partial charge in [0.2, 0.25) is 21.9 Å². The molecule has 0 aliphatic carbocycles. The number of pyridine rings is 1. The van der Waals surface area contributed by atoms with Crippen LogP contribution in [0.1, 0.15) is 18.4 Å². The Labute approximate surface area is 153 Å². The van der Waals surface area contributed by atoms with Crippen molar-refractivity contribution < 1.29 is 17.5 Å². The molecular formula is C19H21FN2O3S. The minimum Gasteiger partial charge on any atom is -0.467 e. The Kier molecular flexibility index (Phi) is 5.11. The summed E-state index contributed by atoms with van der Waals surface area (Å²) in [6.45, 7) is 6.30. The van der Waals surface area contributed by atoms with E-state index in [1.807, 2.05) is 6.92 Å². The van der Waals surface area contributed by atoms with Gasteiger partial charge in [-0.1, -0.05) is 30.3 Å². The van der Waals surface area contributed by atoms with Crippen molar-refractivity contribution >= 4 is 10.0 Å². The third-order valence-electron chi connectivity index (χ3n) is 4.60. The molecule has 1 aromatic carbocycles. The molecule has 26 heavy (non-hydrogen) atoms. The third kappa shape index (κ3) is 3.78. The molecule has 3 rings (SSSR count). The molecule has 2 heterocycles. The van der Waals surface area contributed by atoms with E-state index in [0.29, 0.717) is 12.8 Å². The quantitative estimate of drug-likeness (QED) is 0.593. The molecule has 1 aliphatic heterocycles. The highest BCUT2D eigenvalue weighted by Gasteiger charge is 2.38. The van der Waals surface area contributed by atoms with Gasteiger partial charge in [-0.05, 0) is 31.2 Å². The topological polar surface area (TPSA) is 59.5 Å². The van der Waals surface area contributed by atoms with E-state index >= 15 is 0 Å². The summed E-state index contributed by atoms with van der Waals surface area (Å²) >= 11 is 0. The maximum atomic E-state index is 13.3. The Hall–Kier alpha value is -2.25. The highest BCUT2D eigenvalue weighted by molar-refractivity contribution is 7.89. The normalized spacial score (nSPS) is 17.6. The molecule has 0 radical (unpaired) electrons. The Morgan fingerprint density at radius 3 is 2.42 bits per heavy atom. The fourth-order valence-electron chi connectivity index (χ4n) is 2.97. The molecule has 0 unspecified atom stereocenters. The molecule has 1 aliphatic rings. The summed E-state index contributed by atoms with van der Waals surface area (Å²) in [7, 11) is -3.55. The molecule has 1 aromatic heterocycles. The van der Waals surface area contributed by atoms with Gasteiger partial charge in [-0.2, -0.15) is 13.7 Å². The summed E-state index contributed by atoms with van der Waals surface area (Å²) in [5.74, 6) is -0.458. The van der Waals surface area contributed by atoms with Gasteiger partial charge in [0.05, 0.1) is 4.90 Å². The van der Waals surface area contributed by atoms with E-state index in [9.17, 15) is 12.8 Å². The Morgan fingerprint density at radius 1 is 1.19 bits per heavy atom. The minimum atomic E-state index is -3.55. The van der Waals surface area contributed by atoms with Crippen molar-refractivity contribution in [3.63, 3.8) is 0 Å². The summed E-state index contributed by atoms with van der Waals surface area (Å²) < 4.78 is 46.2. The summed E-state index contributed by atoms with van der Waals surface area (Å²) in [6, 6.07) is 11.1. The Balaban J connectivity index is 1.74. The molecule has 0 N–H and O–H groups in total. The van der Waals surface area contributed by atoms with Crippen LogP contribution in [0.25, 0.3) is 0 Å². The molecule has 7 heteroatoms. The van der Waals surface area contributed by atoms with E-state index in [1.54, 1.807) is 36.4 Å². The van der Waals surface area contributed by atoms with Crippen molar-refractivity contribution in [1.29, 1.82) is 0 Å². The SMILES string of the molecule is C=CC1(Oc2cccc(F)n2)CCN(S(=O)(=O)c2ccc(C)cc2)CC1. The smallest absolute Gasteiger partial charge is 0.243 e. The van der Waals surface area contributed by atoms with Crippen LogP contribution in [-0.2, 0) is 10.0 Å². The van der Waals surface area contributed by atoms with Gasteiger partial charge < -0.3 is 4.74 Å². The van der Waals surface area contributed by atoms with Crippen LogP contribution in [0.4, 0.5) is 4.39 Å². The zero-order chi connectivity index (χ0) is 18.8. The van der Waals surface area contributed by atoms with Crippen LogP contribution in [0.5, 0.6) is 5.88 Å². The third-order valence-corrected chi connectivity index (χ3v) is 6.51. The second-order valence-electron chi connectivity index (χ2n) is 6.39. The number of piperidine rings is 1. The molecule has 1 saturated heterocycles. The highest BCUT2D eigenvalue weighted by atomic mass is 32.2. The van der Waals surface area contributed by atoms with Gasteiger partial charge in [-0.25, -0.2) is 8.42 Å². The van der Waals surface area contributed by atoms with Crippen LogP contribution >= 0.6 is 0 Å². The number of aromatic nitrogens is 1. The van der Waals surface area contributed by atoms with Crippen LogP contribution in [0.2, 0.25) is 0 Å². The first kappa shape index (κ1) is 18.5. The largest absolute Gasteiger partial charge is 0.467 e. The second kappa shape index (κ2) is 7.17. The number of sulfonamides is 1. The highest BCUT2D eigenvalue weighted by Crippen LogP contribution is 2.31. The molecule has 0 spiro atoms. The van der Waals surface area contributed by atoms with Crippen LogP contribution in [0.3, 0.4) is 0 Å². The lowest BCUT2D eigenvalue weighted by molar-refractivity contribution is 0.0590. The van der Waals surface area contributed by atoms with Crippen LogP contribution < -0.4 is 4.74 Å². The molecular weight excluding hydrogens is 355 g/mol. The van der Waals surface area contributed by atoms with Crippen molar-refractivity contribution in [2.24, 2.45) is 0 Å². The molecule has 0 bridgehead atoms. The second-order valence-corrected chi connectivity index (χ2v) is 8.32. The number of halogens is 1. The van der Waals surface area contributed by atoms with Crippen LogP contribution in [0, 0.1) is 12.9 Å². The summed E-state index contributed by atoms with van der Waals surface area (Å²) in [4.78, 5) is 3.99.